The Morgan fingerprint density at radius 3 is 2.71 bits per heavy atom. The maximum atomic E-state index is 10.8. The van der Waals surface area contributed by atoms with Crippen LogP contribution in [0.1, 0.15) is 58.4 Å². The molecule has 2 heterocycles. The molecule has 0 aromatic carbocycles. The second-order valence-corrected chi connectivity index (χ2v) is 7.90. The summed E-state index contributed by atoms with van der Waals surface area (Å²) in [4.78, 5) is 7.03. The highest BCUT2D eigenvalue weighted by atomic mass is 16.3. The molecule has 3 rings (SSSR count). The van der Waals surface area contributed by atoms with E-state index in [0.717, 1.165) is 38.2 Å². The molecule has 0 amide bonds. The van der Waals surface area contributed by atoms with Crippen molar-refractivity contribution in [2.24, 2.45) is 5.92 Å². The van der Waals surface area contributed by atoms with Gasteiger partial charge in [-0.2, -0.15) is 0 Å². The molecule has 1 aliphatic carbocycles. The van der Waals surface area contributed by atoms with Gasteiger partial charge in [-0.3, -0.25) is 0 Å². The Morgan fingerprint density at radius 1 is 1.24 bits per heavy atom. The summed E-state index contributed by atoms with van der Waals surface area (Å²) >= 11 is 0. The third kappa shape index (κ3) is 2.94. The molecule has 1 aliphatic heterocycles. The number of rotatable bonds is 1. The topological polar surface area (TPSA) is 36.4 Å². The predicted octanol–water partition coefficient (Wildman–Crippen LogP) is 3.51. The summed E-state index contributed by atoms with van der Waals surface area (Å²) in [5.41, 5.74) is 1.02. The van der Waals surface area contributed by atoms with Crippen molar-refractivity contribution in [1.82, 2.24) is 4.98 Å². The van der Waals surface area contributed by atoms with Crippen LogP contribution in [-0.2, 0) is 5.41 Å². The van der Waals surface area contributed by atoms with Gasteiger partial charge in [0.15, 0.2) is 0 Å². The normalized spacial score (nSPS) is 30.1. The van der Waals surface area contributed by atoms with Gasteiger partial charge in [0, 0.05) is 25.2 Å². The first-order valence-electron chi connectivity index (χ1n) is 8.32. The molecule has 116 valence electrons. The molecule has 1 aromatic heterocycles. The Labute approximate surface area is 128 Å². The minimum absolute atomic E-state index is 0.150. The second-order valence-electron chi connectivity index (χ2n) is 7.90. The number of nitrogens with zero attached hydrogens (tertiary/aromatic N) is 2. The van der Waals surface area contributed by atoms with E-state index in [1.807, 2.05) is 6.20 Å². The van der Waals surface area contributed by atoms with Crippen molar-refractivity contribution in [3.63, 3.8) is 0 Å². The van der Waals surface area contributed by atoms with Crippen LogP contribution in [0.5, 0.6) is 0 Å². The molecule has 2 fully saturated rings. The maximum absolute atomic E-state index is 10.8. The van der Waals surface area contributed by atoms with Gasteiger partial charge >= 0.3 is 0 Å². The van der Waals surface area contributed by atoms with Crippen molar-refractivity contribution in [2.45, 2.75) is 63.9 Å². The largest absolute Gasteiger partial charge is 0.389 e. The highest BCUT2D eigenvalue weighted by Gasteiger charge is 2.42. The fourth-order valence-electron chi connectivity index (χ4n) is 3.80. The molecule has 21 heavy (non-hydrogen) atoms. The Balaban J connectivity index is 1.73. The predicted molar refractivity (Wildman–Crippen MR) is 86.7 cm³/mol. The third-order valence-electron chi connectivity index (χ3n) is 5.37. The molecule has 1 saturated carbocycles. The van der Waals surface area contributed by atoms with E-state index in [9.17, 15) is 5.11 Å². The molecular formula is C18H28N2O. The lowest BCUT2D eigenvalue weighted by molar-refractivity contribution is -0.0613. The van der Waals surface area contributed by atoms with E-state index in [1.54, 1.807) is 0 Å². The van der Waals surface area contributed by atoms with Crippen molar-refractivity contribution < 1.29 is 5.11 Å². The monoisotopic (exact) mass is 288 g/mol. The van der Waals surface area contributed by atoms with Crippen molar-refractivity contribution in [3.05, 3.63) is 23.9 Å². The van der Waals surface area contributed by atoms with Crippen molar-refractivity contribution in [3.8, 4) is 0 Å². The molecule has 2 aliphatic rings. The van der Waals surface area contributed by atoms with Gasteiger partial charge in [0.25, 0.3) is 0 Å². The quantitative estimate of drug-likeness (QED) is 0.859. The third-order valence-corrected chi connectivity index (χ3v) is 5.37. The highest BCUT2D eigenvalue weighted by molar-refractivity contribution is 5.41. The first-order chi connectivity index (χ1) is 9.88. The summed E-state index contributed by atoms with van der Waals surface area (Å²) in [5, 5.41) is 10.8. The molecular weight excluding hydrogens is 260 g/mol. The van der Waals surface area contributed by atoms with Crippen LogP contribution in [0.3, 0.4) is 0 Å². The minimum Gasteiger partial charge on any atom is -0.389 e. The van der Waals surface area contributed by atoms with E-state index in [-0.39, 0.29) is 5.41 Å². The zero-order valence-corrected chi connectivity index (χ0v) is 13.6. The molecule has 2 unspecified atom stereocenters. The van der Waals surface area contributed by atoms with Crippen LogP contribution in [0.4, 0.5) is 5.82 Å². The minimum atomic E-state index is -0.403. The van der Waals surface area contributed by atoms with E-state index in [0.29, 0.717) is 5.92 Å². The Bertz CT molecular complexity index is 491. The standard InChI is InChI=1S/C18H28N2O/c1-17(2,3)14-7-8-16(19-12-14)20-11-10-18(21)9-5-4-6-15(18)13-20/h7-8,12,15,21H,4-6,9-11,13H2,1-3H3. The van der Waals surface area contributed by atoms with Crippen LogP contribution < -0.4 is 4.90 Å². The average Bonchev–Trinajstić information content (AvgIpc) is 2.45. The van der Waals surface area contributed by atoms with E-state index in [4.69, 9.17) is 0 Å². The van der Waals surface area contributed by atoms with Gasteiger partial charge in [0.2, 0.25) is 0 Å². The Hall–Kier alpha value is -1.09. The number of hydrogen-bond acceptors (Lipinski definition) is 3. The van der Waals surface area contributed by atoms with Crippen LogP contribution in [0.2, 0.25) is 0 Å². The number of pyridine rings is 1. The lowest BCUT2D eigenvalue weighted by Gasteiger charge is -2.47. The first-order valence-corrected chi connectivity index (χ1v) is 8.32. The summed E-state index contributed by atoms with van der Waals surface area (Å²) < 4.78 is 0. The zero-order valence-electron chi connectivity index (χ0n) is 13.6. The molecule has 3 heteroatoms. The van der Waals surface area contributed by atoms with E-state index < -0.39 is 5.60 Å². The van der Waals surface area contributed by atoms with Gasteiger partial charge in [-0.25, -0.2) is 4.98 Å². The van der Waals surface area contributed by atoms with Crippen LogP contribution in [-0.4, -0.2) is 28.8 Å². The average molecular weight is 288 g/mol. The molecule has 0 bridgehead atoms. The molecule has 1 saturated heterocycles. The molecule has 1 aromatic rings. The number of fused-ring (bicyclic) bond motifs is 1. The van der Waals surface area contributed by atoms with Gasteiger partial charge in [0.05, 0.1) is 5.60 Å². The number of aromatic nitrogens is 1. The van der Waals surface area contributed by atoms with Gasteiger partial charge in [0.1, 0.15) is 5.82 Å². The maximum Gasteiger partial charge on any atom is 0.128 e. The van der Waals surface area contributed by atoms with Crippen molar-refractivity contribution in [2.75, 3.05) is 18.0 Å². The van der Waals surface area contributed by atoms with Gasteiger partial charge in [-0.15, -0.1) is 0 Å². The van der Waals surface area contributed by atoms with Crippen molar-refractivity contribution in [1.29, 1.82) is 0 Å². The number of hydrogen-bond donors (Lipinski definition) is 1. The summed E-state index contributed by atoms with van der Waals surface area (Å²) in [6, 6.07) is 4.35. The Kier molecular flexibility index (Phi) is 3.73. The molecule has 1 N–H and O–H groups in total. The zero-order chi connectivity index (χ0) is 15.1. The van der Waals surface area contributed by atoms with Crippen molar-refractivity contribution >= 4 is 5.82 Å². The molecule has 0 spiro atoms. The second kappa shape index (κ2) is 5.28. The summed E-state index contributed by atoms with van der Waals surface area (Å²) in [6.45, 7) is 8.53. The van der Waals surface area contributed by atoms with E-state index >= 15 is 0 Å². The van der Waals surface area contributed by atoms with Crippen LogP contribution in [0.15, 0.2) is 18.3 Å². The smallest absolute Gasteiger partial charge is 0.128 e. The number of aliphatic hydroxyl groups is 1. The van der Waals surface area contributed by atoms with E-state index in [2.05, 4.69) is 42.8 Å². The lowest BCUT2D eigenvalue weighted by Crippen LogP contribution is -2.53. The number of piperidine rings is 1. The van der Waals surface area contributed by atoms with Crippen LogP contribution in [0, 0.1) is 5.92 Å². The lowest BCUT2D eigenvalue weighted by atomic mass is 9.71. The molecule has 0 radical (unpaired) electrons. The highest BCUT2D eigenvalue weighted by Crippen LogP contribution is 2.40. The van der Waals surface area contributed by atoms with Gasteiger partial charge in [-0.05, 0) is 36.3 Å². The summed E-state index contributed by atoms with van der Waals surface area (Å²) in [6.07, 6.45) is 7.50. The Morgan fingerprint density at radius 2 is 2.05 bits per heavy atom. The van der Waals surface area contributed by atoms with Crippen LogP contribution >= 0.6 is 0 Å². The summed E-state index contributed by atoms with van der Waals surface area (Å²) in [5.74, 6) is 1.49. The summed E-state index contributed by atoms with van der Waals surface area (Å²) in [7, 11) is 0. The molecule has 2 atom stereocenters. The van der Waals surface area contributed by atoms with Gasteiger partial charge < -0.3 is 10.0 Å². The SMILES string of the molecule is CC(C)(C)c1ccc(N2CCC3(O)CCCCC3C2)nc1. The fourth-order valence-corrected chi connectivity index (χ4v) is 3.80. The van der Waals surface area contributed by atoms with E-state index in [1.165, 1.54) is 18.4 Å². The van der Waals surface area contributed by atoms with Gasteiger partial charge in [-0.1, -0.05) is 39.7 Å². The first kappa shape index (κ1) is 14.8. The molecule has 3 nitrogen and oxygen atoms in total. The fraction of sp³-hybridized carbons (Fsp3) is 0.722. The van der Waals surface area contributed by atoms with Crippen LogP contribution in [0.25, 0.3) is 0 Å². The number of anilines is 1.